The van der Waals surface area contributed by atoms with E-state index in [1.165, 1.54) is 20.1 Å². The van der Waals surface area contributed by atoms with E-state index in [1.54, 1.807) is 12.2 Å². The number of hydrogen-bond donors (Lipinski definition) is 2. The van der Waals surface area contributed by atoms with Crippen molar-refractivity contribution in [2.75, 3.05) is 13.7 Å². The van der Waals surface area contributed by atoms with Crippen LogP contribution >= 0.6 is 0 Å². The second-order valence-electron chi connectivity index (χ2n) is 5.83. The molecule has 0 bridgehead atoms. The van der Waals surface area contributed by atoms with Gasteiger partial charge in [0.15, 0.2) is 11.9 Å². The Balaban J connectivity index is 1.96. The zero-order valence-electron chi connectivity index (χ0n) is 12.3. The molecule has 0 radical (unpaired) electrons. The van der Waals surface area contributed by atoms with E-state index in [-0.39, 0.29) is 18.1 Å². The smallest absolute Gasteiger partial charge is 0.337 e. The van der Waals surface area contributed by atoms with E-state index in [2.05, 4.69) is 0 Å². The molecule has 1 spiro atoms. The van der Waals surface area contributed by atoms with E-state index in [0.717, 1.165) is 0 Å². The average Bonchev–Trinajstić information content (AvgIpc) is 3.01. The van der Waals surface area contributed by atoms with Gasteiger partial charge in [-0.2, -0.15) is 0 Å². The molecule has 0 aromatic heterocycles. The van der Waals surface area contributed by atoms with Gasteiger partial charge in [0.25, 0.3) is 0 Å². The predicted molar refractivity (Wildman–Crippen MR) is 72.2 cm³/mol. The molecule has 22 heavy (non-hydrogen) atoms. The highest BCUT2D eigenvalue weighted by molar-refractivity contribution is 5.93. The molecule has 3 rings (SSSR count). The van der Waals surface area contributed by atoms with Crippen molar-refractivity contribution in [2.45, 2.75) is 24.9 Å². The van der Waals surface area contributed by atoms with Crippen molar-refractivity contribution in [3.05, 3.63) is 23.8 Å². The van der Waals surface area contributed by atoms with Crippen molar-refractivity contribution < 1.29 is 34.0 Å². The van der Waals surface area contributed by atoms with Gasteiger partial charge in [0.05, 0.1) is 37.2 Å². The molecular formula is C15H18O7. The van der Waals surface area contributed by atoms with Crippen LogP contribution in [-0.4, -0.2) is 53.9 Å². The van der Waals surface area contributed by atoms with Crippen molar-refractivity contribution in [3.8, 4) is 0 Å². The van der Waals surface area contributed by atoms with Crippen molar-refractivity contribution in [2.24, 2.45) is 17.8 Å². The Morgan fingerprint density at radius 3 is 2.86 bits per heavy atom. The highest BCUT2D eigenvalue weighted by atomic mass is 16.6. The van der Waals surface area contributed by atoms with Gasteiger partial charge in [-0.15, -0.1) is 0 Å². The molecule has 2 aliphatic heterocycles. The summed E-state index contributed by atoms with van der Waals surface area (Å²) in [6, 6.07) is 0. The summed E-state index contributed by atoms with van der Waals surface area (Å²) in [5.74, 6) is -2.66. The van der Waals surface area contributed by atoms with E-state index in [9.17, 15) is 19.8 Å². The van der Waals surface area contributed by atoms with Crippen LogP contribution in [0.3, 0.4) is 0 Å². The van der Waals surface area contributed by atoms with Crippen molar-refractivity contribution >= 4 is 11.9 Å². The average molecular weight is 310 g/mol. The predicted octanol–water partition coefficient (Wildman–Crippen LogP) is -0.471. The minimum Gasteiger partial charge on any atom is -0.469 e. The van der Waals surface area contributed by atoms with Gasteiger partial charge in [-0.3, -0.25) is 4.79 Å². The number of aliphatic hydroxyl groups excluding tert-OH is 2. The summed E-state index contributed by atoms with van der Waals surface area (Å²) in [6.07, 6.45) is 2.74. The lowest BCUT2D eigenvalue weighted by atomic mass is 9.75. The van der Waals surface area contributed by atoms with Crippen LogP contribution in [0.25, 0.3) is 0 Å². The summed E-state index contributed by atoms with van der Waals surface area (Å²) < 4.78 is 15.5. The molecule has 0 unspecified atom stereocenters. The fourth-order valence-electron chi connectivity index (χ4n) is 3.47. The third-order valence-corrected chi connectivity index (χ3v) is 4.57. The first-order valence-electron chi connectivity index (χ1n) is 7.10. The fraction of sp³-hybridized carbons (Fsp3) is 0.600. The van der Waals surface area contributed by atoms with Gasteiger partial charge in [-0.05, 0) is 19.1 Å². The summed E-state index contributed by atoms with van der Waals surface area (Å²) >= 11 is 0. The fourth-order valence-corrected chi connectivity index (χ4v) is 3.47. The normalized spacial score (nSPS) is 41.1. The molecular weight excluding hydrogens is 292 g/mol. The lowest BCUT2D eigenvalue weighted by Gasteiger charge is -2.40. The third kappa shape index (κ3) is 2.08. The van der Waals surface area contributed by atoms with Gasteiger partial charge in [0.2, 0.25) is 0 Å². The molecule has 120 valence electrons. The van der Waals surface area contributed by atoms with Crippen LogP contribution in [0.5, 0.6) is 0 Å². The largest absolute Gasteiger partial charge is 0.469 e. The van der Waals surface area contributed by atoms with E-state index in [4.69, 9.17) is 14.2 Å². The monoisotopic (exact) mass is 310 g/mol. The minimum absolute atomic E-state index is 0.0380. The molecule has 1 fully saturated rings. The molecule has 1 saturated heterocycles. The third-order valence-electron chi connectivity index (χ3n) is 4.57. The number of allylic oxidation sites excluding steroid dienone is 1. The number of fused-ring (bicyclic) bond motifs is 2. The summed E-state index contributed by atoms with van der Waals surface area (Å²) in [4.78, 5) is 23.8. The molecule has 2 heterocycles. The number of carbonyl (C=O) groups is 2. The highest BCUT2D eigenvalue weighted by Gasteiger charge is 2.59. The summed E-state index contributed by atoms with van der Waals surface area (Å²) in [7, 11) is 1.29. The quantitative estimate of drug-likeness (QED) is 0.525. The van der Waals surface area contributed by atoms with E-state index in [0.29, 0.717) is 0 Å². The van der Waals surface area contributed by atoms with Gasteiger partial charge in [-0.1, -0.05) is 6.08 Å². The Morgan fingerprint density at radius 1 is 1.55 bits per heavy atom. The number of ether oxygens (including phenoxy) is 3. The number of carbonyl (C=O) groups excluding carboxylic acids is 2. The van der Waals surface area contributed by atoms with Crippen LogP contribution in [0.15, 0.2) is 23.8 Å². The number of aliphatic hydroxyl groups is 2. The standard InChI is InChI=1S/C15H18O7/c1-7(16)9-5-15(22-13(9)18)4-3-8-10(12(17)20-2)6-21-14(19)11(8)15/h3-5,7-8,10-11,14,16,19H,6H2,1-2H3/t7-,8+,10-,11+,14-,15+/m0/s1. The van der Waals surface area contributed by atoms with E-state index < -0.39 is 41.8 Å². The second-order valence-corrected chi connectivity index (χ2v) is 5.83. The van der Waals surface area contributed by atoms with Crippen molar-refractivity contribution in [3.63, 3.8) is 0 Å². The topological polar surface area (TPSA) is 102 Å². The van der Waals surface area contributed by atoms with Crippen LogP contribution in [0.2, 0.25) is 0 Å². The lowest BCUT2D eigenvalue weighted by Crippen LogP contribution is -2.51. The van der Waals surface area contributed by atoms with E-state index in [1.807, 2.05) is 0 Å². The summed E-state index contributed by atoms with van der Waals surface area (Å²) in [6.45, 7) is 1.50. The van der Waals surface area contributed by atoms with Gasteiger partial charge >= 0.3 is 11.9 Å². The van der Waals surface area contributed by atoms with Gasteiger partial charge in [0.1, 0.15) is 0 Å². The Hall–Kier alpha value is -1.70. The number of hydrogen-bond acceptors (Lipinski definition) is 7. The Kier molecular flexibility index (Phi) is 3.58. The molecule has 7 heteroatoms. The van der Waals surface area contributed by atoms with Crippen LogP contribution in [0.1, 0.15) is 6.92 Å². The molecule has 0 amide bonds. The maximum atomic E-state index is 11.9. The van der Waals surface area contributed by atoms with Gasteiger partial charge in [-0.25, -0.2) is 4.79 Å². The summed E-state index contributed by atoms with van der Waals surface area (Å²) in [5, 5.41) is 19.8. The lowest BCUT2D eigenvalue weighted by molar-refractivity contribution is -0.221. The molecule has 1 aliphatic carbocycles. The second kappa shape index (κ2) is 5.19. The SMILES string of the molecule is COC(=O)[C@H]1CO[C@H](O)[C@H]2[C@@H]1C=C[C@@]21C=C([C@H](C)O)C(=O)O1. The molecule has 6 atom stereocenters. The first-order valence-corrected chi connectivity index (χ1v) is 7.10. The summed E-state index contributed by atoms with van der Waals surface area (Å²) in [5.41, 5.74) is -1.06. The Labute approximate surface area is 127 Å². The molecule has 0 aromatic rings. The van der Waals surface area contributed by atoms with Gasteiger partial charge in [0, 0.05) is 5.92 Å². The highest BCUT2D eigenvalue weighted by Crippen LogP contribution is 2.49. The molecule has 7 nitrogen and oxygen atoms in total. The molecule has 3 aliphatic rings. The maximum Gasteiger partial charge on any atom is 0.337 e. The number of rotatable bonds is 2. The Morgan fingerprint density at radius 2 is 2.27 bits per heavy atom. The number of methoxy groups -OCH3 is 1. The Bertz CT molecular complexity index is 564. The van der Waals surface area contributed by atoms with Crippen LogP contribution in [0.4, 0.5) is 0 Å². The maximum absolute atomic E-state index is 11.9. The molecule has 0 saturated carbocycles. The number of esters is 2. The molecule has 0 aromatic carbocycles. The van der Waals surface area contributed by atoms with E-state index >= 15 is 0 Å². The zero-order chi connectivity index (χ0) is 16.1. The first kappa shape index (κ1) is 15.2. The van der Waals surface area contributed by atoms with Gasteiger partial charge < -0.3 is 24.4 Å². The van der Waals surface area contributed by atoms with Crippen molar-refractivity contribution in [1.82, 2.24) is 0 Å². The minimum atomic E-state index is -1.19. The molecule has 2 N–H and O–H groups in total. The zero-order valence-corrected chi connectivity index (χ0v) is 12.3. The van der Waals surface area contributed by atoms with Crippen LogP contribution in [0, 0.1) is 17.8 Å². The van der Waals surface area contributed by atoms with Crippen LogP contribution in [-0.2, 0) is 23.8 Å². The van der Waals surface area contributed by atoms with Crippen molar-refractivity contribution in [1.29, 1.82) is 0 Å². The van der Waals surface area contributed by atoms with Crippen LogP contribution < -0.4 is 0 Å². The first-order chi connectivity index (χ1) is 10.4.